The number of fused-ring (bicyclic) bond motifs is 1. The molecule has 0 bridgehead atoms. The number of ether oxygens (including phenoxy) is 2. The molecule has 0 radical (unpaired) electrons. The van der Waals surface area contributed by atoms with Gasteiger partial charge in [0.25, 0.3) is 0 Å². The number of carbonyl (C=O) groups excluding carboxylic acids is 1. The summed E-state index contributed by atoms with van der Waals surface area (Å²) >= 11 is 2.99. The van der Waals surface area contributed by atoms with Crippen molar-refractivity contribution in [2.45, 2.75) is 25.2 Å². The van der Waals surface area contributed by atoms with Crippen LogP contribution in [0.2, 0.25) is 0 Å². The number of aliphatic hydroxyl groups is 3. The summed E-state index contributed by atoms with van der Waals surface area (Å²) in [5, 5.41) is 45.4. The number of esters is 1. The molecule has 2 rings (SSSR count). The minimum Gasteiger partial charge on any atom is -0.480 e. The number of rotatable bonds is 7. The Morgan fingerprint density at radius 2 is 1.85 bits per heavy atom. The second kappa shape index (κ2) is 14.1. The lowest BCUT2D eigenvalue weighted by atomic mass is 9.98. The quantitative estimate of drug-likeness (QED) is 0.112. The van der Waals surface area contributed by atoms with Crippen LogP contribution in [0, 0.1) is 0 Å². The molecule has 0 aromatic heterocycles. The van der Waals surface area contributed by atoms with Crippen molar-refractivity contribution >= 4 is 33.9 Å². The molecule has 0 amide bonds. The number of aliphatic carboxylic acids is 1. The van der Waals surface area contributed by atoms with Gasteiger partial charge in [0.05, 0.1) is 17.7 Å². The maximum absolute atomic E-state index is 13.2. The van der Waals surface area contributed by atoms with Crippen LogP contribution in [0.1, 0.15) is 18.1 Å². The van der Waals surface area contributed by atoms with Crippen LogP contribution in [0.5, 0.6) is 5.75 Å². The lowest BCUT2D eigenvalue weighted by Gasteiger charge is -2.30. The molecule has 1 aliphatic rings. The van der Waals surface area contributed by atoms with Gasteiger partial charge in [0.2, 0.25) is 12.9 Å². The molecule has 1 aromatic carbocycles. The predicted molar refractivity (Wildman–Crippen MR) is 108 cm³/mol. The molecule has 0 saturated heterocycles. The molecule has 1 aromatic rings. The number of carboxylic acids is 1. The highest BCUT2D eigenvalue weighted by Gasteiger charge is 2.50. The summed E-state index contributed by atoms with van der Waals surface area (Å²) in [4.78, 5) is 25.5. The molecule has 0 spiro atoms. The summed E-state index contributed by atoms with van der Waals surface area (Å²) in [5.74, 6) is 0.566. The van der Waals surface area contributed by atoms with Gasteiger partial charge >= 0.3 is 24.1 Å². The second-order valence-electron chi connectivity index (χ2n) is 6.04. The van der Waals surface area contributed by atoms with E-state index < -0.39 is 53.9 Å². The van der Waals surface area contributed by atoms with Crippen LogP contribution in [-0.2, 0) is 25.1 Å². The van der Waals surface area contributed by atoms with Crippen molar-refractivity contribution in [3.63, 3.8) is 0 Å². The highest BCUT2D eigenvalue weighted by atomic mass is 79.9. The fourth-order valence-electron chi connectivity index (χ4n) is 2.34. The van der Waals surface area contributed by atoms with Crippen LogP contribution in [0.4, 0.5) is 13.2 Å². The van der Waals surface area contributed by atoms with E-state index in [1.54, 1.807) is 0 Å². The number of likely N-dealkylation sites (N-methyl/N-ethyl adjacent to an activating group) is 1. The topological polar surface area (TPSA) is 229 Å². The average molecular weight is 567 g/mol. The summed E-state index contributed by atoms with van der Waals surface area (Å²) in [5.41, 5.74) is -1.80. The number of carbonyl (C=O) groups is 2. The zero-order valence-electron chi connectivity index (χ0n) is 17.5. The summed E-state index contributed by atoms with van der Waals surface area (Å²) < 4.78 is 49.1. The van der Waals surface area contributed by atoms with Gasteiger partial charge in [-0.05, 0) is 24.8 Å². The van der Waals surface area contributed by atoms with E-state index >= 15 is 0 Å². The monoisotopic (exact) mass is 566 g/mol. The van der Waals surface area contributed by atoms with Crippen molar-refractivity contribution in [2.24, 2.45) is 5.90 Å². The van der Waals surface area contributed by atoms with E-state index in [0.717, 1.165) is 12.1 Å². The number of alkyl halides is 3. The zero-order valence-corrected chi connectivity index (χ0v) is 19.1. The van der Waals surface area contributed by atoms with Crippen molar-refractivity contribution in [3.05, 3.63) is 33.3 Å². The van der Waals surface area contributed by atoms with E-state index in [4.69, 9.17) is 15.1 Å². The second-order valence-corrected chi connectivity index (χ2v) is 6.95. The van der Waals surface area contributed by atoms with Crippen molar-refractivity contribution in [3.8, 4) is 5.75 Å². The van der Waals surface area contributed by atoms with Gasteiger partial charge in [0.1, 0.15) is 5.75 Å². The average Bonchev–Trinajstić information content (AvgIpc) is 2.75. The van der Waals surface area contributed by atoms with E-state index in [0.29, 0.717) is 6.54 Å². The minimum absolute atomic E-state index is 0.0660. The van der Waals surface area contributed by atoms with Gasteiger partial charge in [-0.1, -0.05) is 22.9 Å². The first kappa shape index (κ1) is 31.6. The summed E-state index contributed by atoms with van der Waals surface area (Å²) in [6.07, 6.45) is -7.03. The van der Waals surface area contributed by atoms with Crippen LogP contribution in [0.15, 0.2) is 22.2 Å². The van der Waals surface area contributed by atoms with Gasteiger partial charge in [-0.2, -0.15) is 13.2 Å². The van der Waals surface area contributed by atoms with E-state index in [-0.39, 0.29) is 16.6 Å². The third-order valence-electron chi connectivity index (χ3n) is 3.59. The van der Waals surface area contributed by atoms with Crippen LogP contribution >= 0.6 is 15.9 Å². The largest absolute Gasteiger partial charge is 0.480 e. The maximum atomic E-state index is 13.2. The lowest BCUT2D eigenvalue weighted by molar-refractivity contribution is -0.670. The highest BCUT2D eigenvalue weighted by molar-refractivity contribution is 9.10. The van der Waals surface area contributed by atoms with Gasteiger partial charge in [-0.3, -0.25) is 9.63 Å². The number of nitrogens with two attached hydrogens (primary N) is 1. The van der Waals surface area contributed by atoms with Crippen molar-refractivity contribution in [2.75, 3.05) is 19.9 Å². The minimum atomic E-state index is -5.04. The Labute approximate surface area is 198 Å². The Morgan fingerprint density at radius 3 is 2.26 bits per heavy atom. The Kier molecular flexibility index (Phi) is 13.2. The van der Waals surface area contributed by atoms with Gasteiger partial charge in [-0.15, -0.1) is 0 Å². The molecule has 1 heterocycles. The molecule has 1 aliphatic heterocycles. The SMILES string of the molecule is CCNCC(=O)O.NOCOC(=O)C1=Cc2cc(Br)cc(C(O)(O)O)c2OC1C(F)(F)F.[NH3+]O. The van der Waals surface area contributed by atoms with Crippen LogP contribution in [0.25, 0.3) is 6.08 Å². The first-order chi connectivity index (χ1) is 15.7. The third kappa shape index (κ3) is 9.87. The van der Waals surface area contributed by atoms with Gasteiger partial charge in [0.15, 0.2) is 0 Å². The normalized spacial score (nSPS) is 14.8. The molecule has 11 N–H and O–H groups in total. The number of halogens is 4. The van der Waals surface area contributed by atoms with E-state index in [2.05, 4.69) is 42.6 Å². The van der Waals surface area contributed by atoms with Gasteiger partial charge in [-0.25, -0.2) is 21.8 Å². The van der Waals surface area contributed by atoms with Crippen molar-refractivity contribution in [1.29, 1.82) is 0 Å². The summed E-state index contributed by atoms with van der Waals surface area (Å²) in [6.45, 7) is 1.86. The lowest BCUT2D eigenvalue weighted by Crippen LogP contribution is -2.42. The molecule has 0 aliphatic carbocycles. The number of hydrogen-bond donors (Lipinski definition) is 8. The fraction of sp³-hybridized carbons (Fsp3) is 0.412. The molecule has 1 atom stereocenters. The predicted octanol–water partition coefficient (Wildman–Crippen LogP) is -1.07. The number of nitrogens with one attached hydrogen (secondary N) is 1. The Morgan fingerprint density at radius 1 is 1.26 bits per heavy atom. The Hall–Kier alpha value is -2.35. The molecule has 0 saturated carbocycles. The molecule has 34 heavy (non-hydrogen) atoms. The van der Waals surface area contributed by atoms with Gasteiger partial charge < -0.3 is 35.2 Å². The number of quaternary nitrogens is 1. The number of carboxylic acid groups (broad SMARTS) is 1. The van der Waals surface area contributed by atoms with Crippen molar-refractivity contribution < 1.29 is 68.6 Å². The van der Waals surface area contributed by atoms with Crippen LogP contribution < -0.4 is 21.8 Å². The maximum Gasteiger partial charge on any atom is 0.430 e. The summed E-state index contributed by atoms with van der Waals surface area (Å²) in [7, 11) is 0. The van der Waals surface area contributed by atoms with E-state index in [1.807, 2.05) is 6.92 Å². The van der Waals surface area contributed by atoms with Gasteiger partial charge in [0, 0.05) is 10.0 Å². The molecule has 17 heteroatoms. The number of hydrogen-bond acceptors (Lipinski definition) is 11. The van der Waals surface area contributed by atoms with E-state index in [9.17, 15) is 38.1 Å². The molecule has 13 nitrogen and oxygen atoms in total. The third-order valence-corrected chi connectivity index (χ3v) is 4.05. The fourth-order valence-corrected chi connectivity index (χ4v) is 2.81. The number of benzene rings is 1. The smallest absolute Gasteiger partial charge is 0.430 e. The summed E-state index contributed by atoms with van der Waals surface area (Å²) in [6, 6.07) is 2.19. The molecule has 1 unspecified atom stereocenters. The molecular weight excluding hydrogens is 543 g/mol. The Bertz CT molecular complexity index is 862. The van der Waals surface area contributed by atoms with E-state index in [1.165, 1.54) is 6.07 Å². The molecular formula is C17H24BrF3N3O10+. The zero-order chi connectivity index (χ0) is 26.7. The van der Waals surface area contributed by atoms with Crippen LogP contribution in [0.3, 0.4) is 0 Å². The first-order valence-corrected chi connectivity index (χ1v) is 9.70. The van der Waals surface area contributed by atoms with Crippen molar-refractivity contribution in [1.82, 2.24) is 5.32 Å². The molecule has 0 fully saturated rings. The Balaban J connectivity index is 0.00000104. The first-order valence-electron chi connectivity index (χ1n) is 8.91. The van der Waals surface area contributed by atoms with Crippen LogP contribution in [-0.4, -0.2) is 69.7 Å². The molecule has 194 valence electrons. The standard InChI is InChI=1S/C13H11BrF3NO7.C4H9NO2.H4NO/c14-6-1-5-2-7(11(19)23-4-24-18)10(12(15,16)17)25-9(5)8(3-6)13(20,21)22;1-2-5-3-4(6)7;1-2/h1-3,10,20-22H,4,18H2;5H,2-3H2,1H3,(H,6,7);2H,1H3/q;;+1. The highest BCUT2D eigenvalue weighted by Crippen LogP contribution is 2.42.